The quantitative estimate of drug-likeness (QED) is 0.537. The molecule has 7 heteroatoms. The molecule has 0 radical (unpaired) electrons. The second-order valence-electron chi connectivity index (χ2n) is 7.23. The highest BCUT2D eigenvalue weighted by molar-refractivity contribution is 5.93. The van der Waals surface area contributed by atoms with Crippen LogP contribution in [-0.4, -0.2) is 42.1 Å². The minimum Gasteiger partial charge on any atom is -0.496 e. The normalized spacial score (nSPS) is 10.6. The summed E-state index contributed by atoms with van der Waals surface area (Å²) in [5.41, 5.74) is 3.42. The van der Waals surface area contributed by atoms with Crippen LogP contribution in [0.5, 0.6) is 5.75 Å². The lowest BCUT2D eigenvalue weighted by Crippen LogP contribution is -2.31. The molecule has 3 aromatic rings. The van der Waals surface area contributed by atoms with Crippen molar-refractivity contribution in [2.75, 3.05) is 20.8 Å². The largest absolute Gasteiger partial charge is 0.496 e. The topological polar surface area (TPSA) is 60.8 Å². The van der Waals surface area contributed by atoms with Crippen molar-refractivity contribution in [2.24, 2.45) is 0 Å². The minimum absolute atomic E-state index is 0.327. The molecule has 0 aliphatic carbocycles. The maximum atomic E-state index is 13.2. The Labute approximate surface area is 180 Å². The zero-order valence-corrected chi connectivity index (χ0v) is 18.0. The Hall–Kier alpha value is -3.61. The maximum absolute atomic E-state index is 13.2. The van der Waals surface area contributed by atoms with E-state index in [0.717, 1.165) is 16.9 Å². The Morgan fingerprint density at radius 2 is 1.74 bits per heavy atom. The van der Waals surface area contributed by atoms with Crippen molar-refractivity contribution in [3.05, 3.63) is 82.9 Å². The molecule has 31 heavy (non-hydrogen) atoms. The summed E-state index contributed by atoms with van der Waals surface area (Å²) in [5, 5.41) is 0. The first-order valence-corrected chi connectivity index (χ1v) is 9.79. The number of rotatable bonds is 7. The summed E-state index contributed by atoms with van der Waals surface area (Å²) >= 11 is 0. The molecule has 1 amide bonds. The molecule has 0 aliphatic rings. The monoisotopic (exact) mass is 424 g/mol. The lowest BCUT2D eigenvalue weighted by molar-refractivity contribution is -0.133. The van der Waals surface area contributed by atoms with Gasteiger partial charge in [-0.15, -0.1) is 0 Å². The summed E-state index contributed by atoms with van der Waals surface area (Å²) in [6, 6.07) is 15.1. The van der Waals surface area contributed by atoms with E-state index in [1.165, 1.54) is 17.0 Å². The van der Waals surface area contributed by atoms with E-state index >= 15 is 0 Å². The van der Waals surface area contributed by atoms with Crippen molar-refractivity contribution in [1.82, 2.24) is 9.47 Å². The third-order valence-corrected chi connectivity index (χ3v) is 5.09. The van der Waals surface area contributed by atoms with E-state index in [4.69, 9.17) is 9.47 Å². The number of methoxy groups -OCH3 is 1. The van der Waals surface area contributed by atoms with Gasteiger partial charge in [-0.05, 0) is 50.2 Å². The number of carbonyl (C=O) groups is 2. The molecule has 0 spiro atoms. The van der Waals surface area contributed by atoms with Gasteiger partial charge in [0.2, 0.25) is 0 Å². The van der Waals surface area contributed by atoms with Gasteiger partial charge in [-0.3, -0.25) is 4.79 Å². The molecule has 0 fully saturated rings. The van der Waals surface area contributed by atoms with E-state index in [-0.39, 0.29) is 18.3 Å². The van der Waals surface area contributed by atoms with E-state index in [2.05, 4.69) is 0 Å². The molecular formula is C24H25FN2O4. The van der Waals surface area contributed by atoms with Crippen molar-refractivity contribution >= 4 is 11.9 Å². The van der Waals surface area contributed by atoms with Crippen molar-refractivity contribution in [3.8, 4) is 11.4 Å². The van der Waals surface area contributed by atoms with E-state index in [0.29, 0.717) is 23.6 Å². The fourth-order valence-electron chi connectivity index (χ4n) is 3.45. The van der Waals surface area contributed by atoms with Crippen molar-refractivity contribution in [3.63, 3.8) is 0 Å². The van der Waals surface area contributed by atoms with E-state index in [1.54, 1.807) is 39.3 Å². The molecule has 0 bridgehead atoms. The van der Waals surface area contributed by atoms with Crippen LogP contribution in [0, 0.1) is 19.7 Å². The van der Waals surface area contributed by atoms with Crippen LogP contribution in [0.25, 0.3) is 5.69 Å². The second-order valence-corrected chi connectivity index (χ2v) is 7.23. The standard InChI is InChI=1S/C24H25FN2O4/c1-16-13-21(17(2)27(16)20-11-9-19(25)10-12-20)24(29)31-15-23(28)26(3)14-18-7-5-6-8-22(18)30-4/h5-13H,14-15H2,1-4H3. The predicted octanol–water partition coefficient (Wildman–Crippen LogP) is 4.06. The zero-order chi connectivity index (χ0) is 22.5. The van der Waals surface area contributed by atoms with Crippen LogP contribution in [0.3, 0.4) is 0 Å². The maximum Gasteiger partial charge on any atom is 0.340 e. The fourth-order valence-corrected chi connectivity index (χ4v) is 3.45. The summed E-state index contributed by atoms with van der Waals surface area (Å²) in [6.45, 7) is 3.59. The number of para-hydroxylation sites is 1. The first kappa shape index (κ1) is 22.1. The van der Waals surface area contributed by atoms with Gasteiger partial charge in [0.1, 0.15) is 11.6 Å². The second kappa shape index (κ2) is 9.47. The van der Waals surface area contributed by atoms with E-state index in [1.807, 2.05) is 35.8 Å². The number of likely N-dealkylation sites (N-methyl/N-ethyl adjacent to an activating group) is 1. The summed E-state index contributed by atoms with van der Waals surface area (Å²) in [6.07, 6.45) is 0. The molecule has 0 aliphatic heterocycles. The molecule has 1 heterocycles. The Balaban J connectivity index is 1.66. The number of hydrogen-bond acceptors (Lipinski definition) is 4. The number of hydrogen-bond donors (Lipinski definition) is 0. The molecule has 1 aromatic heterocycles. The third-order valence-electron chi connectivity index (χ3n) is 5.09. The number of carbonyl (C=O) groups excluding carboxylic acids is 2. The van der Waals surface area contributed by atoms with Crippen LogP contribution >= 0.6 is 0 Å². The molecule has 3 rings (SSSR count). The first-order valence-electron chi connectivity index (χ1n) is 9.79. The first-order chi connectivity index (χ1) is 14.8. The number of benzene rings is 2. The molecule has 0 saturated carbocycles. The highest BCUT2D eigenvalue weighted by atomic mass is 19.1. The predicted molar refractivity (Wildman–Crippen MR) is 115 cm³/mol. The van der Waals surface area contributed by atoms with Gasteiger partial charge >= 0.3 is 5.97 Å². The molecule has 0 saturated heterocycles. The molecule has 6 nitrogen and oxygen atoms in total. The van der Waals surface area contributed by atoms with Crippen LogP contribution in [-0.2, 0) is 16.1 Å². The number of aromatic nitrogens is 1. The highest BCUT2D eigenvalue weighted by Crippen LogP contribution is 2.22. The van der Waals surface area contributed by atoms with Gasteiger partial charge in [0.05, 0.1) is 12.7 Å². The molecule has 2 aromatic carbocycles. The van der Waals surface area contributed by atoms with Crippen LogP contribution in [0.15, 0.2) is 54.6 Å². The summed E-state index contributed by atoms with van der Waals surface area (Å²) < 4.78 is 25.7. The Morgan fingerprint density at radius 3 is 2.42 bits per heavy atom. The molecular weight excluding hydrogens is 399 g/mol. The highest BCUT2D eigenvalue weighted by Gasteiger charge is 2.20. The zero-order valence-electron chi connectivity index (χ0n) is 18.0. The average Bonchev–Trinajstić information content (AvgIpc) is 3.06. The number of nitrogens with zero attached hydrogens (tertiary/aromatic N) is 2. The SMILES string of the molecule is COc1ccccc1CN(C)C(=O)COC(=O)c1cc(C)n(-c2ccc(F)cc2)c1C. The van der Waals surface area contributed by atoms with Crippen molar-refractivity contribution in [1.29, 1.82) is 0 Å². The average molecular weight is 424 g/mol. The lowest BCUT2D eigenvalue weighted by Gasteiger charge is -2.18. The smallest absolute Gasteiger partial charge is 0.340 e. The summed E-state index contributed by atoms with van der Waals surface area (Å²) in [5.74, 6) is -0.555. The van der Waals surface area contributed by atoms with Gasteiger partial charge in [-0.25, -0.2) is 9.18 Å². The molecule has 0 atom stereocenters. The summed E-state index contributed by atoms with van der Waals surface area (Å²) in [4.78, 5) is 26.6. The number of esters is 1. The van der Waals surface area contributed by atoms with Crippen LogP contribution in [0.2, 0.25) is 0 Å². The number of aryl methyl sites for hydroxylation is 1. The molecule has 162 valence electrons. The Kier molecular flexibility index (Phi) is 6.74. The van der Waals surface area contributed by atoms with E-state index < -0.39 is 5.97 Å². The van der Waals surface area contributed by atoms with Gasteiger partial charge in [0, 0.05) is 36.2 Å². The minimum atomic E-state index is -0.583. The van der Waals surface area contributed by atoms with Crippen LogP contribution < -0.4 is 4.74 Å². The number of ether oxygens (including phenoxy) is 2. The third kappa shape index (κ3) is 4.94. The van der Waals surface area contributed by atoms with Gasteiger partial charge in [0.15, 0.2) is 6.61 Å². The lowest BCUT2D eigenvalue weighted by atomic mass is 10.2. The number of amides is 1. The number of halogens is 1. The van der Waals surface area contributed by atoms with E-state index in [9.17, 15) is 14.0 Å². The van der Waals surface area contributed by atoms with Gasteiger partial charge in [-0.2, -0.15) is 0 Å². The van der Waals surface area contributed by atoms with Gasteiger partial charge < -0.3 is 18.9 Å². The van der Waals surface area contributed by atoms with Crippen molar-refractivity contribution < 1.29 is 23.5 Å². The van der Waals surface area contributed by atoms with Crippen LogP contribution in [0.1, 0.15) is 27.3 Å². The van der Waals surface area contributed by atoms with Crippen molar-refractivity contribution in [2.45, 2.75) is 20.4 Å². The van der Waals surface area contributed by atoms with Gasteiger partial charge in [0.25, 0.3) is 5.91 Å². The molecule has 0 unspecified atom stereocenters. The van der Waals surface area contributed by atoms with Crippen LogP contribution in [0.4, 0.5) is 4.39 Å². The summed E-state index contributed by atoms with van der Waals surface area (Å²) in [7, 11) is 3.22. The fraction of sp³-hybridized carbons (Fsp3) is 0.250. The molecule has 0 N–H and O–H groups in total. The Morgan fingerprint density at radius 1 is 1.06 bits per heavy atom. The Bertz CT molecular complexity index is 1090. The van der Waals surface area contributed by atoms with Gasteiger partial charge in [-0.1, -0.05) is 18.2 Å².